The number of hydrogen-bond acceptors (Lipinski definition) is 5. The van der Waals surface area contributed by atoms with Crippen LogP contribution in [0.15, 0.2) is 97.1 Å². The number of imide groups is 1. The number of carbonyl (C=O) groups excluding carboxylic acids is 2. The summed E-state index contributed by atoms with van der Waals surface area (Å²) in [5.74, 6) is -0.634. The minimum Gasteiger partial charge on any atom is -0.497 e. The molecule has 0 spiro atoms. The molecule has 0 radical (unpaired) electrons. The van der Waals surface area contributed by atoms with Crippen LogP contribution in [-0.4, -0.2) is 25.0 Å². The van der Waals surface area contributed by atoms with Crippen molar-refractivity contribution in [2.45, 2.75) is 12.1 Å². The second kappa shape index (κ2) is 8.01. The predicted octanol–water partition coefficient (Wildman–Crippen LogP) is 4.90. The molecule has 0 bridgehead atoms. The zero-order valence-corrected chi connectivity index (χ0v) is 18.5. The number of anilines is 2. The molecule has 6 heteroatoms. The molecule has 2 aliphatic heterocycles. The van der Waals surface area contributed by atoms with Gasteiger partial charge in [-0.3, -0.25) is 14.4 Å². The van der Waals surface area contributed by atoms with Gasteiger partial charge in [0, 0.05) is 5.39 Å². The first-order valence-electron chi connectivity index (χ1n) is 11.2. The molecule has 4 aromatic rings. The van der Waals surface area contributed by atoms with Gasteiger partial charge in [-0.1, -0.05) is 66.7 Å². The first-order valence-corrected chi connectivity index (χ1v) is 11.2. The van der Waals surface area contributed by atoms with Crippen LogP contribution in [0.25, 0.3) is 10.8 Å². The van der Waals surface area contributed by atoms with Crippen LogP contribution in [0.3, 0.4) is 0 Å². The maximum absolute atomic E-state index is 13.9. The summed E-state index contributed by atoms with van der Waals surface area (Å²) in [6.07, 6.45) is -0.914. The highest BCUT2D eigenvalue weighted by Gasteiger charge is 2.60. The largest absolute Gasteiger partial charge is 0.497 e. The minimum absolute atomic E-state index is 0.266. The molecule has 4 aromatic carbocycles. The molecule has 168 valence electrons. The van der Waals surface area contributed by atoms with E-state index in [1.165, 1.54) is 4.90 Å². The summed E-state index contributed by atoms with van der Waals surface area (Å²) >= 11 is 0. The van der Waals surface area contributed by atoms with Crippen molar-refractivity contribution in [2.75, 3.05) is 17.1 Å². The Hall–Kier alpha value is -4.16. The maximum atomic E-state index is 13.9. The molecule has 2 aliphatic rings. The Labute approximate surface area is 196 Å². The Morgan fingerprint density at radius 3 is 2.35 bits per heavy atom. The number of hydroxylamine groups is 1. The van der Waals surface area contributed by atoms with Gasteiger partial charge < -0.3 is 4.74 Å². The fraction of sp³-hybridized carbons (Fsp3) is 0.143. The van der Waals surface area contributed by atoms with Gasteiger partial charge in [0.25, 0.3) is 5.91 Å². The minimum atomic E-state index is -0.914. The zero-order chi connectivity index (χ0) is 23.2. The van der Waals surface area contributed by atoms with E-state index in [4.69, 9.17) is 9.57 Å². The number of fused-ring (bicyclic) bond motifs is 2. The van der Waals surface area contributed by atoms with Crippen molar-refractivity contribution in [1.82, 2.24) is 0 Å². The van der Waals surface area contributed by atoms with E-state index in [9.17, 15) is 9.59 Å². The highest BCUT2D eigenvalue weighted by atomic mass is 16.7. The van der Waals surface area contributed by atoms with Gasteiger partial charge in [0.1, 0.15) is 11.7 Å². The smallest absolute Gasteiger partial charge is 0.266 e. The van der Waals surface area contributed by atoms with Crippen LogP contribution in [0.2, 0.25) is 0 Å². The Bertz CT molecular complexity index is 1400. The highest BCUT2D eigenvalue weighted by Crippen LogP contribution is 2.48. The summed E-state index contributed by atoms with van der Waals surface area (Å²) in [6, 6.07) is 30.0. The zero-order valence-electron chi connectivity index (χ0n) is 18.5. The highest BCUT2D eigenvalue weighted by molar-refractivity contribution is 6.26. The van der Waals surface area contributed by atoms with Gasteiger partial charge in [0.2, 0.25) is 5.91 Å². The van der Waals surface area contributed by atoms with Crippen molar-refractivity contribution in [3.05, 3.63) is 103 Å². The van der Waals surface area contributed by atoms with Crippen LogP contribution in [0.1, 0.15) is 11.6 Å². The molecule has 3 atom stereocenters. The molecular formula is C28H22N2O4. The number of ether oxygens (including phenoxy) is 1. The number of hydrogen-bond donors (Lipinski definition) is 0. The third-order valence-corrected chi connectivity index (χ3v) is 6.57. The van der Waals surface area contributed by atoms with Crippen molar-refractivity contribution >= 4 is 34.0 Å². The Kier molecular flexibility index (Phi) is 4.81. The topological polar surface area (TPSA) is 59.1 Å². The molecule has 0 saturated carbocycles. The van der Waals surface area contributed by atoms with E-state index in [-0.39, 0.29) is 11.8 Å². The number of para-hydroxylation sites is 1. The first-order chi connectivity index (χ1) is 16.7. The lowest BCUT2D eigenvalue weighted by Crippen LogP contribution is -2.37. The van der Waals surface area contributed by atoms with Crippen LogP contribution in [0.5, 0.6) is 5.75 Å². The number of methoxy groups -OCH3 is 1. The fourth-order valence-corrected chi connectivity index (χ4v) is 5.02. The maximum Gasteiger partial charge on any atom is 0.266 e. The van der Waals surface area contributed by atoms with Gasteiger partial charge >= 0.3 is 0 Å². The molecule has 6 nitrogen and oxygen atoms in total. The summed E-state index contributed by atoms with van der Waals surface area (Å²) in [7, 11) is 1.61. The van der Waals surface area contributed by atoms with E-state index in [0.717, 1.165) is 22.0 Å². The van der Waals surface area contributed by atoms with Gasteiger partial charge in [-0.2, -0.15) is 0 Å². The number of rotatable bonds is 4. The molecule has 2 amide bonds. The third-order valence-electron chi connectivity index (χ3n) is 6.57. The fourth-order valence-electron chi connectivity index (χ4n) is 5.02. The van der Waals surface area contributed by atoms with Gasteiger partial charge in [-0.05, 0) is 41.3 Å². The summed E-state index contributed by atoms with van der Waals surface area (Å²) in [6.45, 7) is 0. The summed E-state index contributed by atoms with van der Waals surface area (Å²) in [5, 5.41) is 3.51. The molecule has 2 heterocycles. The average Bonchev–Trinajstić information content (AvgIpc) is 3.40. The lowest BCUT2D eigenvalue weighted by atomic mass is 9.90. The van der Waals surface area contributed by atoms with Crippen LogP contribution < -0.4 is 14.7 Å². The van der Waals surface area contributed by atoms with Gasteiger partial charge in [0.15, 0.2) is 6.10 Å². The molecule has 2 fully saturated rings. The number of amides is 2. The van der Waals surface area contributed by atoms with E-state index in [1.54, 1.807) is 12.2 Å². The van der Waals surface area contributed by atoms with E-state index in [2.05, 4.69) is 0 Å². The molecule has 0 N–H and O–H groups in total. The number of carbonyl (C=O) groups is 2. The Balaban J connectivity index is 1.47. The predicted molar refractivity (Wildman–Crippen MR) is 129 cm³/mol. The second-order valence-electron chi connectivity index (χ2n) is 8.44. The Morgan fingerprint density at radius 1 is 0.794 bits per heavy atom. The van der Waals surface area contributed by atoms with Crippen LogP contribution in [0, 0.1) is 5.92 Å². The lowest BCUT2D eigenvalue weighted by Gasteiger charge is -2.29. The van der Waals surface area contributed by atoms with Crippen molar-refractivity contribution in [3.8, 4) is 5.75 Å². The summed E-state index contributed by atoms with van der Waals surface area (Å²) < 4.78 is 5.43. The van der Waals surface area contributed by atoms with Crippen molar-refractivity contribution in [3.63, 3.8) is 0 Å². The number of benzene rings is 4. The van der Waals surface area contributed by atoms with E-state index >= 15 is 0 Å². The van der Waals surface area contributed by atoms with Crippen LogP contribution >= 0.6 is 0 Å². The molecule has 0 unspecified atom stereocenters. The van der Waals surface area contributed by atoms with E-state index < -0.39 is 18.1 Å². The van der Waals surface area contributed by atoms with Gasteiger partial charge in [-0.15, -0.1) is 0 Å². The molecule has 2 saturated heterocycles. The van der Waals surface area contributed by atoms with E-state index in [1.807, 2.05) is 97.1 Å². The van der Waals surface area contributed by atoms with Crippen molar-refractivity contribution in [2.24, 2.45) is 5.92 Å². The lowest BCUT2D eigenvalue weighted by molar-refractivity contribution is -0.126. The molecule has 6 rings (SSSR count). The van der Waals surface area contributed by atoms with Crippen molar-refractivity contribution < 1.29 is 19.2 Å². The molecule has 34 heavy (non-hydrogen) atoms. The van der Waals surface area contributed by atoms with Gasteiger partial charge in [-0.25, -0.2) is 9.96 Å². The standard InChI is InChI=1S/C28H22N2O4/c1-33-21-14-7-11-19(17-21)25-24-26(34-30(25)20-12-3-2-4-13-20)28(32)29(27(24)31)23-16-8-10-18-9-5-6-15-22(18)23/h2-17,24-26H,1H3/t24-,25-,26-/m1/s1. The van der Waals surface area contributed by atoms with Crippen molar-refractivity contribution in [1.29, 1.82) is 0 Å². The molecular weight excluding hydrogens is 428 g/mol. The Morgan fingerprint density at radius 2 is 1.53 bits per heavy atom. The first kappa shape index (κ1) is 20.4. The molecule has 0 aliphatic carbocycles. The quantitative estimate of drug-likeness (QED) is 0.414. The second-order valence-corrected chi connectivity index (χ2v) is 8.44. The summed E-state index contributed by atoms with van der Waals surface area (Å²) in [5.41, 5.74) is 2.21. The average molecular weight is 450 g/mol. The van der Waals surface area contributed by atoms with Gasteiger partial charge in [0.05, 0.1) is 24.5 Å². The van der Waals surface area contributed by atoms with Crippen LogP contribution in [0.4, 0.5) is 11.4 Å². The summed E-state index contributed by atoms with van der Waals surface area (Å²) in [4.78, 5) is 35.1. The normalized spacial score (nSPS) is 21.9. The van der Waals surface area contributed by atoms with E-state index in [0.29, 0.717) is 11.4 Å². The third kappa shape index (κ3) is 3.07. The monoisotopic (exact) mass is 450 g/mol. The SMILES string of the molecule is COc1cccc([C@@H]2[C@H]3C(=O)N(c4cccc5ccccc45)C(=O)[C@@H]3ON2c2ccccc2)c1. The number of nitrogens with zero attached hydrogens (tertiary/aromatic N) is 2. The van der Waals surface area contributed by atoms with Crippen LogP contribution in [-0.2, 0) is 14.4 Å². The molecule has 0 aromatic heterocycles.